The van der Waals surface area contributed by atoms with Crippen LogP contribution in [-0.2, 0) is 18.4 Å². The van der Waals surface area contributed by atoms with E-state index in [4.69, 9.17) is 0 Å². The van der Waals surface area contributed by atoms with E-state index < -0.39 is 11.2 Å². The first-order valence-corrected chi connectivity index (χ1v) is 10.7. The number of rotatable bonds is 4. The van der Waals surface area contributed by atoms with Gasteiger partial charge in [0.15, 0.2) is 11.2 Å². The molecule has 0 saturated carbocycles. The molecule has 0 atom stereocenters. The largest absolute Gasteiger partial charge is 0.332 e. The van der Waals surface area contributed by atoms with Gasteiger partial charge in [-0.15, -0.1) is 0 Å². The summed E-state index contributed by atoms with van der Waals surface area (Å²) in [4.78, 5) is 42.4. The Morgan fingerprint density at radius 2 is 1.72 bits per heavy atom. The molecule has 0 unspecified atom stereocenters. The second-order valence-electron chi connectivity index (χ2n) is 7.58. The lowest BCUT2D eigenvalue weighted by Gasteiger charge is -2.09. The van der Waals surface area contributed by atoms with Crippen molar-refractivity contribution < 1.29 is 4.79 Å². The van der Waals surface area contributed by atoms with Gasteiger partial charge in [0.2, 0.25) is 5.78 Å². The Morgan fingerprint density at radius 1 is 1.03 bits per heavy atom. The number of halogens is 1. The van der Waals surface area contributed by atoms with Crippen molar-refractivity contribution in [3.63, 3.8) is 0 Å². The average Bonchev–Trinajstić information content (AvgIpc) is 3.33. The number of ketones is 1. The molecule has 0 bridgehead atoms. The molecule has 5 rings (SSSR count). The van der Waals surface area contributed by atoms with E-state index in [0.29, 0.717) is 5.78 Å². The summed E-state index contributed by atoms with van der Waals surface area (Å²) in [6.07, 6.45) is 1.84. The number of aryl methyl sites for hydroxylation is 1. The molecular weight excluding hydrogens is 474 g/mol. The zero-order valence-electron chi connectivity index (χ0n) is 17.3. The number of hydrogen-bond donors (Lipinski definition) is 0. The van der Waals surface area contributed by atoms with Crippen LogP contribution in [0.5, 0.6) is 0 Å². The number of hydrogen-bond acceptors (Lipinski definition) is 4. The molecular formula is C23H18BrN5O3. The Labute approximate surface area is 190 Å². The third-order valence-electron chi connectivity index (χ3n) is 5.38. The first kappa shape index (κ1) is 20.2. The summed E-state index contributed by atoms with van der Waals surface area (Å²) in [6.45, 7) is 1.06. The Kier molecular flexibility index (Phi) is 4.70. The highest BCUT2D eigenvalue weighted by Crippen LogP contribution is 2.29. The molecule has 0 aliphatic rings. The molecule has 3 heterocycles. The number of carbonyl (C=O) groups excluding carboxylic acids is 1. The van der Waals surface area contributed by atoms with Crippen molar-refractivity contribution in [2.75, 3.05) is 0 Å². The van der Waals surface area contributed by atoms with Crippen LogP contribution >= 0.6 is 15.9 Å². The lowest BCUT2D eigenvalue weighted by Crippen LogP contribution is -2.40. The Bertz CT molecular complexity index is 1620. The smallest absolute Gasteiger partial charge is 0.298 e. The van der Waals surface area contributed by atoms with E-state index in [0.717, 1.165) is 26.0 Å². The predicted molar refractivity (Wildman–Crippen MR) is 125 cm³/mol. The lowest BCUT2D eigenvalue weighted by atomic mass is 10.1. The molecule has 0 aliphatic carbocycles. The average molecular weight is 492 g/mol. The highest BCUT2D eigenvalue weighted by molar-refractivity contribution is 9.10. The Morgan fingerprint density at radius 3 is 2.38 bits per heavy atom. The first-order chi connectivity index (χ1) is 15.4. The van der Waals surface area contributed by atoms with Gasteiger partial charge in [-0.1, -0.05) is 46.3 Å². The second kappa shape index (κ2) is 7.45. The summed E-state index contributed by atoms with van der Waals surface area (Å²) in [5.41, 5.74) is 2.03. The Hall–Kier alpha value is -3.72. The fraction of sp³-hybridized carbons (Fsp3) is 0.130. The standard InChI is InChI=1S/C23H18BrN5O3/c1-14(30)12-28-21(31)19-20(26(2)23(28)32)25-22-27(19)13-18(15-6-4-3-5-7-15)29(22)17-10-8-16(24)9-11-17/h3-11,13H,12H2,1-2H3. The fourth-order valence-corrected chi connectivity index (χ4v) is 4.18. The normalized spacial score (nSPS) is 11.5. The van der Waals surface area contributed by atoms with Crippen LogP contribution in [0, 0.1) is 0 Å². The molecule has 0 spiro atoms. The molecule has 0 N–H and O–H groups in total. The molecule has 32 heavy (non-hydrogen) atoms. The molecule has 8 nitrogen and oxygen atoms in total. The van der Waals surface area contributed by atoms with E-state index in [2.05, 4.69) is 20.9 Å². The van der Waals surface area contributed by atoms with Crippen LogP contribution in [-0.4, -0.2) is 28.9 Å². The maximum Gasteiger partial charge on any atom is 0.332 e. The zero-order valence-corrected chi connectivity index (χ0v) is 18.9. The van der Waals surface area contributed by atoms with Gasteiger partial charge in [0, 0.05) is 29.0 Å². The lowest BCUT2D eigenvalue weighted by molar-refractivity contribution is -0.117. The maximum atomic E-state index is 13.3. The molecule has 0 fully saturated rings. The van der Waals surface area contributed by atoms with E-state index in [-0.39, 0.29) is 23.5 Å². The topological polar surface area (TPSA) is 83.3 Å². The monoisotopic (exact) mass is 491 g/mol. The van der Waals surface area contributed by atoms with Crippen molar-refractivity contribution in [3.8, 4) is 16.9 Å². The van der Waals surface area contributed by atoms with Crippen LogP contribution in [0.15, 0.2) is 74.9 Å². The third kappa shape index (κ3) is 3.04. The summed E-state index contributed by atoms with van der Waals surface area (Å²) in [5.74, 6) is 0.218. The minimum absolute atomic E-state index is 0.247. The number of imidazole rings is 2. The molecule has 2 aromatic carbocycles. The summed E-state index contributed by atoms with van der Waals surface area (Å²) in [7, 11) is 1.55. The van der Waals surface area contributed by atoms with Gasteiger partial charge in [-0.2, -0.15) is 4.98 Å². The van der Waals surface area contributed by atoms with Crippen LogP contribution in [0.4, 0.5) is 0 Å². The quantitative estimate of drug-likeness (QED) is 0.386. The van der Waals surface area contributed by atoms with Gasteiger partial charge in [-0.05, 0) is 31.2 Å². The number of Topliss-reactive ketones (excluding diaryl/α,β-unsaturated/α-hetero) is 1. The summed E-state index contributed by atoms with van der Waals surface area (Å²) < 4.78 is 6.84. The van der Waals surface area contributed by atoms with E-state index in [1.165, 1.54) is 11.5 Å². The minimum atomic E-state index is -0.572. The number of fused-ring (bicyclic) bond motifs is 3. The van der Waals surface area contributed by atoms with Crippen LogP contribution in [0.25, 0.3) is 33.9 Å². The number of nitrogens with zero attached hydrogens (tertiary/aromatic N) is 5. The SMILES string of the molecule is CC(=O)Cn1c(=O)c2c(nc3n(-c4ccc(Br)cc4)c(-c4ccccc4)cn23)n(C)c1=O. The van der Waals surface area contributed by atoms with Gasteiger partial charge in [-0.25, -0.2) is 4.79 Å². The van der Waals surface area contributed by atoms with E-state index in [1.54, 1.807) is 11.4 Å². The third-order valence-corrected chi connectivity index (χ3v) is 5.91. The van der Waals surface area contributed by atoms with Gasteiger partial charge in [-0.3, -0.25) is 27.7 Å². The highest BCUT2D eigenvalue weighted by Gasteiger charge is 2.22. The predicted octanol–water partition coefficient (Wildman–Crippen LogP) is 3.16. The van der Waals surface area contributed by atoms with Crippen LogP contribution < -0.4 is 11.2 Å². The molecule has 0 amide bonds. The van der Waals surface area contributed by atoms with Gasteiger partial charge in [0.1, 0.15) is 5.78 Å². The highest BCUT2D eigenvalue weighted by atomic mass is 79.9. The van der Waals surface area contributed by atoms with Crippen LogP contribution in [0.1, 0.15) is 6.92 Å². The molecule has 3 aromatic heterocycles. The van der Waals surface area contributed by atoms with E-state index in [1.807, 2.05) is 65.4 Å². The number of aromatic nitrogens is 5. The van der Waals surface area contributed by atoms with Crippen molar-refractivity contribution in [1.82, 2.24) is 23.1 Å². The van der Waals surface area contributed by atoms with Crippen molar-refractivity contribution in [1.29, 1.82) is 0 Å². The molecule has 0 aliphatic heterocycles. The minimum Gasteiger partial charge on any atom is -0.298 e. The molecule has 160 valence electrons. The molecule has 5 aromatic rings. The van der Waals surface area contributed by atoms with Gasteiger partial charge in [0.25, 0.3) is 5.56 Å². The molecule has 0 radical (unpaired) electrons. The second-order valence-corrected chi connectivity index (χ2v) is 8.50. The summed E-state index contributed by atoms with van der Waals surface area (Å²) in [5, 5.41) is 0. The van der Waals surface area contributed by atoms with Crippen molar-refractivity contribution in [2.45, 2.75) is 13.5 Å². The summed E-state index contributed by atoms with van der Waals surface area (Å²) in [6, 6.07) is 17.5. The van der Waals surface area contributed by atoms with E-state index >= 15 is 0 Å². The van der Waals surface area contributed by atoms with Gasteiger partial charge >= 0.3 is 5.69 Å². The van der Waals surface area contributed by atoms with Gasteiger partial charge in [0.05, 0.1) is 12.2 Å². The van der Waals surface area contributed by atoms with Crippen LogP contribution in [0.2, 0.25) is 0 Å². The molecule has 0 saturated heterocycles. The maximum absolute atomic E-state index is 13.3. The Balaban J connectivity index is 1.93. The number of carbonyl (C=O) groups is 1. The fourth-order valence-electron chi connectivity index (χ4n) is 3.92. The van der Waals surface area contributed by atoms with Gasteiger partial charge < -0.3 is 0 Å². The summed E-state index contributed by atoms with van der Waals surface area (Å²) >= 11 is 3.46. The number of benzene rings is 2. The van der Waals surface area contributed by atoms with E-state index in [9.17, 15) is 14.4 Å². The first-order valence-electron chi connectivity index (χ1n) is 9.91. The van der Waals surface area contributed by atoms with Crippen molar-refractivity contribution in [2.24, 2.45) is 7.05 Å². The zero-order chi connectivity index (χ0) is 22.6. The van der Waals surface area contributed by atoms with Crippen LogP contribution in [0.3, 0.4) is 0 Å². The van der Waals surface area contributed by atoms with Crippen molar-refractivity contribution in [3.05, 3.63) is 86.1 Å². The molecule has 9 heteroatoms. The van der Waals surface area contributed by atoms with Crippen molar-refractivity contribution >= 4 is 38.7 Å².